The zero-order valence-corrected chi connectivity index (χ0v) is 15.3. The van der Waals surface area contributed by atoms with Gasteiger partial charge < -0.3 is 14.0 Å². The quantitative estimate of drug-likeness (QED) is 0.759. The van der Waals surface area contributed by atoms with Gasteiger partial charge in [0.25, 0.3) is 0 Å². The predicted octanol–water partition coefficient (Wildman–Crippen LogP) is 4.64. The van der Waals surface area contributed by atoms with Crippen molar-refractivity contribution < 1.29 is 18.4 Å². The second-order valence-corrected chi connectivity index (χ2v) is 7.20. The fraction of sp³-hybridized carbons (Fsp3) is 0.556. The van der Waals surface area contributed by atoms with Gasteiger partial charge >= 0.3 is 7.12 Å². The molecule has 0 spiro atoms. The summed E-state index contributed by atoms with van der Waals surface area (Å²) in [6.07, 6.45) is 0. The number of aryl methyl sites for hydroxylation is 2. The van der Waals surface area contributed by atoms with Crippen molar-refractivity contribution in [1.82, 2.24) is 0 Å². The van der Waals surface area contributed by atoms with Gasteiger partial charge in [-0.2, -0.15) is 0 Å². The van der Waals surface area contributed by atoms with Crippen molar-refractivity contribution >= 4 is 12.7 Å². The Kier molecular flexibility index (Phi) is 4.66. The third-order valence-corrected chi connectivity index (χ3v) is 4.96. The molecule has 1 fully saturated rings. The largest absolute Gasteiger partial charge is 0.525 e. The third-order valence-electron chi connectivity index (χ3n) is 4.96. The van der Waals surface area contributed by atoms with Crippen molar-refractivity contribution in [2.45, 2.75) is 59.7 Å². The minimum atomic E-state index is -0.971. The topological polar surface area (TPSA) is 27.7 Å². The van der Waals surface area contributed by atoms with Crippen LogP contribution in [-0.2, 0) is 9.31 Å². The van der Waals surface area contributed by atoms with Crippen LogP contribution in [0.1, 0.15) is 51.3 Å². The number of allylic oxidation sites excluding steroid dienone is 1. The van der Waals surface area contributed by atoms with Gasteiger partial charge in [0.2, 0.25) is 0 Å². The van der Waals surface area contributed by atoms with Crippen molar-refractivity contribution in [3.05, 3.63) is 34.5 Å². The van der Waals surface area contributed by atoms with Gasteiger partial charge in [-0.05, 0) is 82.9 Å². The Hall–Kier alpha value is -1.33. The van der Waals surface area contributed by atoms with Gasteiger partial charge in [0, 0.05) is 0 Å². The molecule has 0 saturated carbocycles. The molecule has 0 radical (unpaired) electrons. The highest BCUT2D eigenvalue weighted by Crippen LogP contribution is 2.40. The molecule has 2 rings (SSSR count). The van der Waals surface area contributed by atoms with Crippen molar-refractivity contribution in [3.8, 4) is 5.75 Å². The second kappa shape index (κ2) is 5.95. The standard InChI is InChI=1S/C18H26BFO3/c1-11-10-15(21-8)12(2)9-14(11)13(3)16(20)19-22-17(4,5)18(6,7)23-19/h9-10H,1-8H3. The van der Waals surface area contributed by atoms with Crippen LogP contribution in [-0.4, -0.2) is 25.4 Å². The molecule has 0 atom stereocenters. The Bertz CT molecular complexity index is 634. The van der Waals surface area contributed by atoms with Gasteiger partial charge in [0.15, 0.2) is 0 Å². The summed E-state index contributed by atoms with van der Waals surface area (Å²) in [5.41, 5.74) is 1.81. The molecule has 23 heavy (non-hydrogen) atoms. The van der Waals surface area contributed by atoms with E-state index in [4.69, 9.17) is 14.0 Å². The minimum Gasteiger partial charge on any atom is -0.496 e. The number of hydrogen-bond acceptors (Lipinski definition) is 3. The van der Waals surface area contributed by atoms with Crippen LogP contribution in [0.15, 0.2) is 17.9 Å². The summed E-state index contributed by atoms with van der Waals surface area (Å²) in [6.45, 7) is 13.3. The molecule has 1 heterocycles. The van der Waals surface area contributed by atoms with Crippen LogP contribution in [0.25, 0.3) is 5.57 Å². The van der Waals surface area contributed by atoms with E-state index < -0.39 is 18.3 Å². The summed E-state index contributed by atoms with van der Waals surface area (Å²) in [4.78, 5) is 0. The van der Waals surface area contributed by atoms with E-state index in [1.54, 1.807) is 14.0 Å². The monoisotopic (exact) mass is 320 g/mol. The first-order valence-electron chi connectivity index (χ1n) is 7.87. The average molecular weight is 320 g/mol. The summed E-state index contributed by atoms with van der Waals surface area (Å²) >= 11 is 0. The smallest absolute Gasteiger partial charge is 0.496 e. The summed E-state index contributed by atoms with van der Waals surface area (Å²) in [5.74, 6) is 0.801. The van der Waals surface area contributed by atoms with E-state index in [9.17, 15) is 4.39 Å². The Morgan fingerprint density at radius 1 is 1.04 bits per heavy atom. The molecule has 1 aliphatic rings. The van der Waals surface area contributed by atoms with Gasteiger partial charge in [-0.25, -0.2) is 4.39 Å². The molecule has 0 unspecified atom stereocenters. The van der Waals surface area contributed by atoms with Crippen LogP contribution >= 0.6 is 0 Å². The van der Waals surface area contributed by atoms with Crippen molar-refractivity contribution in [3.63, 3.8) is 0 Å². The molecule has 1 aromatic rings. The van der Waals surface area contributed by atoms with E-state index in [0.29, 0.717) is 5.57 Å². The first-order chi connectivity index (χ1) is 10.5. The van der Waals surface area contributed by atoms with E-state index in [1.807, 2.05) is 53.7 Å². The van der Waals surface area contributed by atoms with Gasteiger partial charge in [-0.3, -0.25) is 0 Å². The van der Waals surface area contributed by atoms with Crippen LogP contribution in [0.2, 0.25) is 0 Å². The van der Waals surface area contributed by atoms with E-state index in [-0.39, 0.29) is 5.73 Å². The van der Waals surface area contributed by atoms with E-state index in [1.165, 1.54) is 0 Å². The lowest BCUT2D eigenvalue weighted by Crippen LogP contribution is -2.41. The van der Waals surface area contributed by atoms with Gasteiger partial charge in [0.05, 0.1) is 18.3 Å². The summed E-state index contributed by atoms with van der Waals surface area (Å²) in [7, 11) is 0.663. The van der Waals surface area contributed by atoms with Gasteiger partial charge in [-0.1, -0.05) is 0 Å². The maximum atomic E-state index is 15.0. The van der Waals surface area contributed by atoms with Crippen molar-refractivity contribution in [2.75, 3.05) is 7.11 Å². The molecule has 1 saturated heterocycles. The van der Waals surface area contributed by atoms with E-state index >= 15 is 0 Å². The normalized spacial score (nSPS) is 20.5. The predicted molar refractivity (Wildman–Crippen MR) is 92.3 cm³/mol. The molecule has 1 aliphatic heterocycles. The van der Waals surface area contributed by atoms with Crippen molar-refractivity contribution in [1.29, 1.82) is 0 Å². The summed E-state index contributed by atoms with van der Waals surface area (Å²) in [5, 5.41) is 0. The number of ether oxygens (including phenoxy) is 1. The fourth-order valence-corrected chi connectivity index (χ4v) is 2.67. The first-order valence-corrected chi connectivity index (χ1v) is 7.87. The number of benzene rings is 1. The molecule has 0 amide bonds. The number of halogens is 1. The Labute approximate surface area is 139 Å². The zero-order chi connectivity index (χ0) is 17.6. The molecular formula is C18H26BFO3. The summed E-state index contributed by atoms with van der Waals surface area (Å²) < 4.78 is 31.9. The first kappa shape index (κ1) is 18.0. The summed E-state index contributed by atoms with van der Waals surface area (Å²) in [6, 6.07) is 3.86. The average Bonchev–Trinajstić information content (AvgIpc) is 2.67. The molecule has 126 valence electrons. The van der Waals surface area contributed by atoms with Crippen LogP contribution in [0.5, 0.6) is 5.75 Å². The van der Waals surface area contributed by atoms with Gasteiger partial charge in [-0.15, -0.1) is 0 Å². The molecule has 5 heteroatoms. The second-order valence-electron chi connectivity index (χ2n) is 7.20. The maximum absolute atomic E-state index is 15.0. The lowest BCUT2D eigenvalue weighted by atomic mass is 9.82. The highest BCUT2D eigenvalue weighted by molar-refractivity contribution is 6.55. The van der Waals surface area contributed by atoms with Crippen LogP contribution in [0, 0.1) is 13.8 Å². The zero-order valence-electron chi connectivity index (χ0n) is 15.3. The molecular weight excluding hydrogens is 294 g/mol. The maximum Gasteiger partial charge on any atom is 0.525 e. The highest BCUT2D eigenvalue weighted by Gasteiger charge is 2.53. The molecule has 1 aromatic carbocycles. The fourth-order valence-electron chi connectivity index (χ4n) is 2.67. The molecule has 3 nitrogen and oxygen atoms in total. The number of methoxy groups -OCH3 is 1. The van der Waals surface area contributed by atoms with Crippen LogP contribution in [0.3, 0.4) is 0 Å². The Balaban J connectivity index is 2.41. The third kappa shape index (κ3) is 3.17. The molecule has 0 aliphatic carbocycles. The Morgan fingerprint density at radius 3 is 2.04 bits per heavy atom. The molecule has 0 N–H and O–H groups in total. The SMILES string of the molecule is COc1cc(C)c(C(C)=C(F)B2OC(C)(C)C(C)(C)O2)cc1C. The van der Waals surface area contributed by atoms with E-state index in [2.05, 4.69) is 0 Å². The van der Waals surface area contributed by atoms with Crippen molar-refractivity contribution in [2.24, 2.45) is 0 Å². The van der Waals surface area contributed by atoms with Gasteiger partial charge in [0.1, 0.15) is 11.5 Å². The lowest BCUT2D eigenvalue weighted by Gasteiger charge is -2.32. The lowest BCUT2D eigenvalue weighted by molar-refractivity contribution is 0.00578. The molecule has 0 bridgehead atoms. The minimum absolute atomic E-state index is 0.378. The highest BCUT2D eigenvalue weighted by atomic mass is 19.1. The van der Waals surface area contributed by atoms with Crippen LogP contribution < -0.4 is 4.74 Å². The molecule has 0 aromatic heterocycles. The van der Waals surface area contributed by atoms with E-state index in [0.717, 1.165) is 22.4 Å². The number of rotatable bonds is 3. The number of hydrogen-bond donors (Lipinski definition) is 0. The Morgan fingerprint density at radius 2 is 1.57 bits per heavy atom. The van der Waals surface area contributed by atoms with Crippen LogP contribution in [0.4, 0.5) is 4.39 Å².